The number of carbonyl (C=O) groups excluding carboxylic acids is 1. The number of alkyl carbamates (subject to hydrolysis) is 1. The first-order valence-electron chi connectivity index (χ1n) is 9.93. The summed E-state index contributed by atoms with van der Waals surface area (Å²) in [6.07, 6.45) is 1.17. The predicted octanol–water partition coefficient (Wildman–Crippen LogP) is 4.37. The van der Waals surface area contributed by atoms with Gasteiger partial charge in [0.2, 0.25) is 5.88 Å². The van der Waals surface area contributed by atoms with Crippen LogP contribution in [0.4, 0.5) is 4.79 Å². The third-order valence-electron chi connectivity index (χ3n) is 4.93. The number of hydrogen-bond donors (Lipinski definition) is 1. The van der Waals surface area contributed by atoms with Crippen LogP contribution in [-0.2, 0) is 4.74 Å². The third kappa shape index (κ3) is 4.28. The van der Waals surface area contributed by atoms with Gasteiger partial charge >= 0.3 is 6.09 Å². The first-order chi connectivity index (χ1) is 14.8. The van der Waals surface area contributed by atoms with E-state index in [1.165, 1.54) is 22.3 Å². The van der Waals surface area contributed by atoms with Crippen molar-refractivity contribution >= 4 is 6.09 Å². The number of pyridine rings is 1. The molecular formula is C25H22N2O3. The third-order valence-corrected chi connectivity index (χ3v) is 4.93. The van der Waals surface area contributed by atoms with Gasteiger partial charge in [-0.2, -0.15) is 0 Å². The molecule has 2 aromatic carbocycles. The first kappa shape index (κ1) is 19.5. The number of benzene rings is 2. The van der Waals surface area contributed by atoms with Gasteiger partial charge < -0.3 is 14.8 Å². The lowest BCUT2D eigenvalue weighted by atomic mass is 9.98. The van der Waals surface area contributed by atoms with Gasteiger partial charge in [0.15, 0.2) is 0 Å². The van der Waals surface area contributed by atoms with Crippen molar-refractivity contribution in [3.63, 3.8) is 0 Å². The maximum absolute atomic E-state index is 12.1. The number of ether oxygens (including phenoxy) is 2. The Kier molecular flexibility index (Phi) is 5.95. The molecule has 5 heteroatoms. The summed E-state index contributed by atoms with van der Waals surface area (Å²) in [4.78, 5) is 16.3. The van der Waals surface area contributed by atoms with Gasteiger partial charge in [-0.15, -0.1) is 0 Å². The molecule has 3 aromatic rings. The molecule has 0 saturated heterocycles. The Bertz CT molecular complexity index is 1050. The lowest BCUT2D eigenvalue weighted by Gasteiger charge is -2.14. The average Bonchev–Trinajstić information content (AvgIpc) is 3.10. The van der Waals surface area contributed by atoms with E-state index < -0.39 is 6.09 Å². The second-order valence-corrected chi connectivity index (χ2v) is 6.80. The Balaban J connectivity index is 1.31. The largest absolute Gasteiger partial charge is 0.478 e. The lowest BCUT2D eigenvalue weighted by molar-refractivity contribution is 0.144. The quantitative estimate of drug-likeness (QED) is 0.649. The molecule has 0 atom stereocenters. The number of carbonyl (C=O) groups is 1. The minimum atomic E-state index is -0.476. The highest BCUT2D eigenvalue weighted by Gasteiger charge is 2.28. The van der Waals surface area contributed by atoms with Crippen LogP contribution in [-0.4, -0.2) is 30.8 Å². The topological polar surface area (TPSA) is 60.5 Å². The molecule has 1 N–H and O–H groups in total. The fraction of sp³-hybridized carbons (Fsp3) is 0.200. The molecule has 0 aliphatic heterocycles. The number of amides is 1. The van der Waals surface area contributed by atoms with Gasteiger partial charge in [0.25, 0.3) is 0 Å². The van der Waals surface area contributed by atoms with Crippen molar-refractivity contribution in [1.82, 2.24) is 10.3 Å². The van der Waals surface area contributed by atoms with E-state index in [2.05, 4.69) is 46.4 Å². The molecule has 4 rings (SSSR count). The van der Waals surface area contributed by atoms with Gasteiger partial charge in [-0.25, -0.2) is 9.78 Å². The normalized spacial score (nSPS) is 11.6. The minimum Gasteiger partial charge on any atom is -0.478 e. The van der Waals surface area contributed by atoms with Gasteiger partial charge in [-0.3, -0.25) is 0 Å². The maximum atomic E-state index is 12.1. The van der Waals surface area contributed by atoms with Crippen LogP contribution in [0.25, 0.3) is 11.1 Å². The summed E-state index contributed by atoms with van der Waals surface area (Å²) >= 11 is 0. The van der Waals surface area contributed by atoms with Crippen LogP contribution in [0.15, 0.2) is 66.9 Å². The van der Waals surface area contributed by atoms with Crippen molar-refractivity contribution < 1.29 is 14.3 Å². The molecule has 0 fully saturated rings. The van der Waals surface area contributed by atoms with Gasteiger partial charge in [-0.05, 0) is 35.2 Å². The molecule has 1 amide bonds. The highest BCUT2D eigenvalue weighted by Crippen LogP contribution is 2.44. The Morgan fingerprint density at radius 2 is 1.73 bits per heavy atom. The van der Waals surface area contributed by atoms with Crippen LogP contribution in [0.3, 0.4) is 0 Å². The molecule has 5 nitrogen and oxygen atoms in total. The summed E-state index contributed by atoms with van der Waals surface area (Å²) in [5, 5.41) is 2.68. The van der Waals surface area contributed by atoms with E-state index in [1.54, 1.807) is 12.3 Å². The minimum absolute atomic E-state index is 0.0455. The number of nitrogens with one attached hydrogen (secondary N) is 1. The summed E-state index contributed by atoms with van der Waals surface area (Å²) in [6, 6.07) is 20.1. The van der Waals surface area contributed by atoms with Gasteiger partial charge in [0.1, 0.15) is 6.61 Å². The molecule has 1 aromatic heterocycles. The zero-order valence-corrected chi connectivity index (χ0v) is 16.7. The SMILES string of the molecule is CCOc1ccc(C#CCNC(=O)OCC2c3ccccc3-c3ccccc32)cn1. The number of fused-ring (bicyclic) bond motifs is 3. The molecule has 150 valence electrons. The Hall–Kier alpha value is -3.78. The van der Waals surface area contributed by atoms with E-state index in [-0.39, 0.29) is 19.1 Å². The Morgan fingerprint density at radius 1 is 1.03 bits per heavy atom. The van der Waals surface area contributed by atoms with Crippen LogP contribution >= 0.6 is 0 Å². The maximum Gasteiger partial charge on any atom is 0.407 e. The zero-order chi connectivity index (χ0) is 20.8. The first-order valence-corrected chi connectivity index (χ1v) is 9.93. The molecule has 1 heterocycles. The van der Waals surface area contributed by atoms with Crippen molar-refractivity contribution in [3.05, 3.63) is 83.6 Å². The highest BCUT2D eigenvalue weighted by molar-refractivity contribution is 5.79. The number of hydrogen-bond acceptors (Lipinski definition) is 4. The van der Waals surface area contributed by atoms with Gasteiger partial charge in [0, 0.05) is 23.7 Å². The van der Waals surface area contributed by atoms with E-state index in [4.69, 9.17) is 9.47 Å². The molecule has 0 saturated carbocycles. The summed E-state index contributed by atoms with van der Waals surface area (Å²) in [5.74, 6) is 6.47. The average molecular weight is 398 g/mol. The second kappa shape index (κ2) is 9.15. The van der Waals surface area contributed by atoms with E-state index in [9.17, 15) is 4.79 Å². The fourth-order valence-corrected chi connectivity index (χ4v) is 3.60. The van der Waals surface area contributed by atoms with E-state index in [1.807, 2.05) is 37.3 Å². The van der Waals surface area contributed by atoms with Crippen molar-refractivity contribution in [2.45, 2.75) is 12.8 Å². The number of nitrogens with zero attached hydrogens (tertiary/aromatic N) is 1. The highest BCUT2D eigenvalue weighted by atomic mass is 16.5. The van der Waals surface area contributed by atoms with Crippen LogP contribution in [0.1, 0.15) is 29.5 Å². The van der Waals surface area contributed by atoms with E-state index in [0.29, 0.717) is 12.5 Å². The van der Waals surface area contributed by atoms with Crippen molar-refractivity contribution in [1.29, 1.82) is 0 Å². The van der Waals surface area contributed by atoms with Crippen molar-refractivity contribution in [2.24, 2.45) is 0 Å². The van der Waals surface area contributed by atoms with E-state index >= 15 is 0 Å². The van der Waals surface area contributed by atoms with Gasteiger partial charge in [-0.1, -0.05) is 60.4 Å². The molecular weight excluding hydrogens is 376 g/mol. The number of aromatic nitrogens is 1. The van der Waals surface area contributed by atoms with Gasteiger partial charge in [0.05, 0.1) is 13.2 Å². The standard InChI is InChI=1S/C25H22N2O3/c1-2-29-24-14-13-18(16-27-24)8-7-15-26-25(28)30-17-23-21-11-5-3-9-19(21)20-10-4-6-12-22(20)23/h3-6,9-14,16,23H,2,15,17H2,1H3,(H,26,28). The Labute approximate surface area is 176 Å². The zero-order valence-electron chi connectivity index (χ0n) is 16.7. The van der Waals surface area contributed by atoms with Crippen LogP contribution in [0, 0.1) is 11.8 Å². The van der Waals surface area contributed by atoms with E-state index in [0.717, 1.165) is 5.56 Å². The van der Waals surface area contributed by atoms with Crippen LogP contribution in [0.5, 0.6) is 5.88 Å². The van der Waals surface area contributed by atoms with Crippen molar-refractivity contribution in [3.8, 4) is 28.8 Å². The number of rotatable bonds is 5. The summed E-state index contributed by atoms with van der Waals surface area (Å²) in [7, 11) is 0. The molecule has 0 radical (unpaired) electrons. The molecule has 0 unspecified atom stereocenters. The second-order valence-electron chi connectivity index (χ2n) is 6.80. The molecule has 0 bridgehead atoms. The summed E-state index contributed by atoms with van der Waals surface area (Å²) in [5.41, 5.74) is 5.55. The smallest absolute Gasteiger partial charge is 0.407 e. The summed E-state index contributed by atoms with van der Waals surface area (Å²) < 4.78 is 10.8. The van der Waals surface area contributed by atoms with Crippen LogP contribution in [0.2, 0.25) is 0 Å². The van der Waals surface area contributed by atoms with Crippen LogP contribution < -0.4 is 10.1 Å². The Morgan fingerprint density at radius 3 is 2.37 bits per heavy atom. The molecule has 30 heavy (non-hydrogen) atoms. The summed E-state index contributed by atoms with van der Waals surface area (Å²) in [6.45, 7) is 2.96. The molecule has 0 spiro atoms. The van der Waals surface area contributed by atoms with Crippen molar-refractivity contribution in [2.75, 3.05) is 19.8 Å². The monoisotopic (exact) mass is 398 g/mol. The molecule has 1 aliphatic carbocycles. The molecule has 1 aliphatic rings. The predicted molar refractivity (Wildman–Crippen MR) is 115 cm³/mol. The fourth-order valence-electron chi connectivity index (χ4n) is 3.60. The lowest BCUT2D eigenvalue weighted by Crippen LogP contribution is -2.26.